The number of halogens is 2. The second-order valence-corrected chi connectivity index (χ2v) is 3.77. The van der Waals surface area contributed by atoms with Gasteiger partial charge in [-0.25, -0.2) is 13.3 Å². The predicted octanol–water partition coefficient (Wildman–Crippen LogP) is 2.60. The van der Waals surface area contributed by atoms with E-state index in [4.69, 9.17) is 4.89 Å². The van der Waals surface area contributed by atoms with E-state index in [1.54, 1.807) is 0 Å². The van der Waals surface area contributed by atoms with Crippen LogP contribution in [-0.2, 0) is 9.09 Å². The van der Waals surface area contributed by atoms with Gasteiger partial charge in [-0.1, -0.05) is 6.58 Å². The first-order valence-corrected chi connectivity index (χ1v) is 5.20. The Bertz CT molecular complexity index is 401. The van der Waals surface area contributed by atoms with Crippen LogP contribution in [0.15, 0.2) is 31.0 Å². The quantitative estimate of drug-likeness (QED) is 0.644. The Morgan fingerprint density at radius 2 is 1.87 bits per heavy atom. The van der Waals surface area contributed by atoms with Gasteiger partial charge in [-0.2, -0.15) is 0 Å². The molecule has 1 atom stereocenters. The Hall–Kier alpha value is -1.39. The van der Waals surface area contributed by atoms with Crippen LogP contribution in [0.2, 0.25) is 0 Å². The SMILES string of the molecule is C=COP(=O)(O)Oc1cc(F)cc(F)c1. The molecule has 1 unspecified atom stereocenters. The minimum atomic E-state index is -4.41. The molecule has 0 saturated heterocycles. The van der Waals surface area contributed by atoms with E-state index in [2.05, 4.69) is 15.6 Å². The van der Waals surface area contributed by atoms with Crippen molar-refractivity contribution in [2.75, 3.05) is 0 Å². The smallest absolute Gasteiger partial charge is 0.404 e. The Labute approximate surface area is 84.4 Å². The maximum atomic E-state index is 12.6. The van der Waals surface area contributed by atoms with E-state index in [0.717, 1.165) is 12.1 Å². The summed E-state index contributed by atoms with van der Waals surface area (Å²) in [6, 6.07) is 2.10. The molecule has 15 heavy (non-hydrogen) atoms. The predicted molar refractivity (Wildman–Crippen MR) is 48.1 cm³/mol. The normalized spacial score (nSPS) is 14.1. The maximum Gasteiger partial charge on any atom is 0.584 e. The molecule has 4 nitrogen and oxygen atoms in total. The van der Waals surface area contributed by atoms with E-state index in [0.29, 0.717) is 12.3 Å². The molecule has 0 fully saturated rings. The first-order chi connectivity index (χ1) is 6.93. The third-order valence-electron chi connectivity index (χ3n) is 1.26. The van der Waals surface area contributed by atoms with E-state index >= 15 is 0 Å². The van der Waals surface area contributed by atoms with Crippen molar-refractivity contribution < 1.29 is 27.3 Å². The largest absolute Gasteiger partial charge is 0.584 e. The number of phosphoric ester groups is 1. The molecule has 1 aromatic carbocycles. The Morgan fingerprint density at radius 3 is 2.33 bits per heavy atom. The van der Waals surface area contributed by atoms with Crippen LogP contribution in [0.4, 0.5) is 8.78 Å². The van der Waals surface area contributed by atoms with Gasteiger partial charge >= 0.3 is 7.82 Å². The molecular formula is C8H7F2O4P. The molecule has 0 amide bonds. The van der Waals surface area contributed by atoms with Gasteiger partial charge in [-0.05, 0) is 0 Å². The molecule has 0 saturated carbocycles. The van der Waals surface area contributed by atoms with E-state index in [-0.39, 0.29) is 0 Å². The first-order valence-electron chi connectivity index (χ1n) is 3.71. The van der Waals surface area contributed by atoms with Crippen molar-refractivity contribution >= 4 is 7.82 Å². The highest BCUT2D eigenvalue weighted by Gasteiger charge is 2.23. The number of phosphoric acid groups is 1. The van der Waals surface area contributed by atoms with Crippen LogP contribution in [0, 0.1) is 11.6 Å². The van der Waals surface area contributed by atoms with Gasteiger partial charge in [-0.3, -0.25) is 4.89 Å². The molecule has 82 valence electrons. The fraction of sp³-hybridized carbons (Fsp3) is 0. The lowest BCUT2D eigenvalue weighted by molar-refractivity contribution is 0.266. The van der Waals surface area contributed by atoms with Gasteiger partial charge in [0.25, 0.3) is 0 Å². The molecule has 0 radical (unpaired) electrons. The van der Waals surface area contributed by atoms with Crippen LogP contribution in [0.25, 0.3) is 0 Å². The van der Waals surface area contributed by atoms with Gasteiger partial charge in [0.15, 0.2) is 0 Å². The molecule has 0 aliphatic carbocycles. The lowest BCUT2D eigenvalue weighted by atomic mass is 10.3. The summed E-state index contributed by atoms with van der Waals surface area (Å²) >= 11 is 0. The highest BCUT2D eigenvalue weighted by molar-refractivity contribution is 7.47. The third-order valence-corrected chi connectivity index (χ3v) is 2.12. The van der Waals surface area contributed by atoms with Crippen LogP contribution in [0.3, 0.4) is 0 Å². The van der Waals surface area contributed by atoms with Crippen molar-refractivity contribution in [1.29, 1.82) is 0 Å². The summed E-state index contributed by atoms with van der Waals surface area (Å²) in [5, 5.41) is 0. The summed E-state index contributed by atoms with van der Waals surface area (Å²) in [4.78, 5) is 8.94. The Balaban J connectivity index is 2.89. The molecule has 1 N–H and O–H groups in total. The fourth-order valence-electron chi connectivity index (χ4n) is 0.830. The van der Waals surface area contributed by atoms with E-state index in [1.165, 1.54) is 0 Å². The highest BCUT2D eigenvalue weighted by Crippen LogP contribution is 2.44. The maximum absolute atomic E-state index is 12.6. The molecule has 1 rings (SSSR count). The second-order valence-electron chi connectivity index (χ2n) is 2.44. The average Bonchev–Trinajstić information content (AvgIpc) is 1.99. The monoisotopic (exact) mass is 236 g/mol. The molecule has 1 aromatic rings. The zero-order chi connectivity index (χ0) is 11.5. The summed E-state index contributed by atoms with van der Waals surface area (Å²) in [5.41, 5.74) is 0. The molecule has 7 heteroatoms. The number of benzene rings is 1. The molecule has 0 aliphatic rings. The van der Waals surface area contributed by atoms with E-state index < -0.39 is 25.2 Å². The molecule has 0 heterocycles. The summed E-state index contributed by atoms with van der Waals surface area (Å²) in [6.45, 7) is 3.04. The van der Waals surface area contributed by atoms with Gasteiger partial charge in [0.1, 0.15) is 17.4 Å². The minimum Gasteiger partial charge on any atom is -0.404 e. The van der Waals surface area contributed by atoms with Crippen LogP contribution in [0.5, 0.6) is 5.75 Å². The molecule has 0 aromatic heterocycles. The zero-order valence-electron chi connectivity index (χ0n) is 7.39. The second kappa shape index (κ2) is 4.42. The molecule has 0 bridgehead atoms. The molecular weight excluding hydrogens is 229 g/mol. The van der Waals surface area contributed by atoms with Crippen LogP contribution in [-0.4, -0.2) is 4.89 Å². The van der Waals surface area contributed by atoms with Crippen molar-refractivity contribution in [1.82, 2.24) is 0 Å². The lowest BCUT2D eigenvalue weighted by Crippen LogP contribution is -1.94. The van der Waals surface area contributed by atoms with Gasteiger partial charge in [0.2, 0.25) is 0 Å². The summed E-state index contributed by atoms with van der Waals surface area (Å²) < 4.78 is 44.7. The number of hydrogen-bond donors (Lipinski definition) is 1. The van der Waals surface area contributed by atoms with Crippen molar-refractivity contribution in [3.63, 3.8) is 0 Å². The Morgan fingerprint density at radius 1 is 1.33 bits per heavy atom. The third kappa shape index (κ3) is 3.69. The molecule has 0 aliphatic heterocycles. The average molecular weight is 236 g/mol. The zero-order valence-corrected chi connectivity index (χ0v) is 8.29. The summed E-state index contributed by atoms with van der Waals surface area (Å²) in [6.07, 6.45) is 0.691. The van der Waals surface area contributed by atoms with E-state index in [9.17, 15) is 13.3 Å². The van der Waals surface area contributed by atoms with Crippen molar-refractivity contribution in [2.45, 2.75) is 0 Å². The van der Waals surface area contributed by atoms with Gasteiger partial charge in [0.05, 0.1) is 6.26 Å². The topological polar surface area (TPSA) is 55.8 Å². The fourth-order valence-corrected chi connectivity index (χ4v) is 1.43. The standard InChI is InChI=1S/C8H7F2O4P/c1-2-13-15(11,12)14-8-4-6(9)3-7(10)5-8/h2-5H,1H2,(H,11,12). The van der Waals surface area contributed by atoms with Gasteiger partial charge in [-0.15, -0.1) is 0 Å². The van der Waals surface area contributed by atoms with Gasteiger partial charge < -0.3 is 9.05 Å². The van der Waals surface area contributed by atoms with Crippen LogP contribution >= 0.6 is 7.82 Å². The van der Waals surface area contributed by atoms with Crippen molar-refractivity contribution in [3.05, 3.63) is 42.7 Å². The number of hydrogen-bond acceptors (Lipinski definition) is 3. The minimum absolute atomic E-state index is 0.444. The summed E-state index contributed by atoms with van der Waals surface area (Å²) in [5.74, 6) is -2.30. The molecule has 0 spiro atoms. The van der Waals surface area contributed by atoms with Crippen LogP contribution in [0.1, 0.15) is 0 Å². The number of rotatable bonds is 4. The lowest BCUT2D eigenvalue weighted by Gasteiger charge is -2.10. The van der Waals surface area contributed by atoms with Crippen molar-refractivity contribution in [2.24, 2.45) is 0 Å². The highest BCUT2D eigenvalue weighted by atomic mass is 31.2. The van der Waals surface area contributed by atoms with Crippen molar-refractivity contribution in [3.8, 4) is 5.75 Å². The van der Waals surface area contributed by atoms with Gasteiger partial charge in [0, 0.05) is 18.2 Å². The summed E-state index contributed by atoms with van der Waals surface area (Å²) in [7, 11) is -4.41. The van der Waals surface area contributed by atoms with E-state index in [1.807, 2.05) is 0 Å². The Kier molecular flexibility index (Phi) is 3.44. The van der Waals surface area contributed by atoms with Crippen LogP contribution < -0.4 is 4.52 Å². The first kappa shape index (κ1) is 11.7.